The first-order chi connectivity index (χ1) is 11.8. The first kappa shape index (κ1) is 15.9. The minimum atomic E-state index is -0.0478. The third-order valence-electron chi connectivity index (χ3n) is 3.68. The average Bonchev–Trinajstić information content (AvgIpc) is 3.27. The molecule has 0 aliphatic carbocycles. The van der Waals surface area contributed by atoms with Crippen LogP contribution < -0.4 is 5.32 Å². The van der Waals surface area contributed by atoms with Crippen molar-refractivity contribution >= 4 is 5.91 Å². The summed E-state index contributed by atoms with van der Waals surface area (Å²) in [5.41, 5.74) is 0.859. The Morgan fingerprint density at radius 1 is 1.21 bits per heavy atom. The number of aromatic nitrogens is 6. The molecule has 0 spiro atoms. The van der Waals surface area contributed by atoms with Crippen molar-refractivity contribution in [2.75, 3.05) is 0 Å². The molecule has 3 rings (SSSR count). The number of hydrogen-bond acceptors (Lipinski definition) is 5. The number of imidazole rings is 1. The molecule has 0 aliphatic rings. The molecule has 2 aromatic heterocycles. The molecule has 1 aromatic carbocycles. The second-order valence-corrected chi connectivity index (χ2v) is 5.26. The van der Waals surface area contributed by atoms with Crippen molar-refractivity contribution < 1.29 is 4.79 Å². The van der Waals surface area contributed by atoms with E-state index in [0.717, 1.165) is 17.9 Å². The summed E-state index contributed by atoms with van der Waals surface area (Å²) in [4.78, 5) is 16.3. The fraction of sp³-hybridized carbons (Fsp3) is 0.312. The van der Waals surface area contributed by atoms with Crippen LogP contribution in [0.5, 0.6) is 0 Å². The lowest BCUT2D eigenvalue weighted by atomic mass is 10.3. The molecule has 0 saturated heterocycles. The highest BCUT2D eigenvalue weighted by Gasteiger charge is 2.10. The second kappa shape index (κ2) is 7.49. The third kappa shape index (κ3) is 3.65. The van der Waals surface area contributed by atoms with E-state index in [4.69, 9.17) is 0 Å². The zero-order valence-electron chi connectivity index (χ0n) is 13.5. The van der Waals surface area contributed by atoms with Gasteiger partial charge in [-0.3, -0.25) is 4.79 Å². The maximum absolute atomic E-state index is 12.1. The number of nitrogens with zero attached hydrogens (tertiary/aromatic N) is 6. The Kier molecular flexibility index (Phi) is 4.95. The maximum Gasteiger partial charge on any atom is 0.222 e. The highest BCUT2D eigenvalue weighted by molar-refractivity contribution is 5.75. The lowest BCUT2D eigenvalue weighted by Crippen LogP contribution is -2.25. The van der Waals surface area contributed by atoms with Crippen LogP contribution in [0, 0.1) is 0 Å². The SMILES string of the molecule is CCc1nccn1CCC(=O)NCc1nnnn1-c1ccccc1. The first-order valence-corrected chi connectivity index (χ1v) is 7.87. The molecule has 0 aliphatic heterocycles. The Balaban J connectivity index is 1.55. The predicted molar refractivity (Wildman–Crippen MR) is 87.2 cm³/mol. The van der Waals surface area contributed by atoms with Crippen LogP contribution in [-0.4, -0.2) is 35.7 Å². The number of hydrogen-bond donors (Lipinski definition) is 1. The molecule has 0 bridgehead atoms. The summed E-state index contributed by atoms with van der Waals surface area (Å²) in [5, 5.41) is 14.5. The molecule has 2 heterocycles. The predicted octanol–water partition coefficient (Wildman–Crippen LogP) is 1.13. The van der Waals surface area contributed by atoms with E-state index in [0.29, 0.717) is 18.8 Å². The van der Waals surface area contributed by atoms with Crippen LogP contribution in [0.2, 0.25) is 0 Å². The molecule has 0 atom stereocenters. The topological polar surface area (TPSA) is 90.5 Å². The average molecular weight is 325 g/mol. The maximum atomic E-state index is 12.1. The number of para-hydroxylation sites is 1. The van der Waals surface area contributed by atoms with E-state index in [1.165, 1.54) is 0 Å². The summed E-state index contributed by atoms with van der Waals surface area (Å²) in [5.74, 6) is 1.52. The highest BCUT2D eigenvalue weighted by Crippen LogP contribution is 2.06. The van der Waals surface area contributed by atoms with Crippen LogP contribution in [0.3, 0.4) is 0 Å². The fourth-order valence-electron chi connectivity index (χ4n) is 2.43. The van der Waals surface area contributed by atoms with Crippen LogP contribution >= 0.6 is 0 Å². The summed E-state index contributed by atoms with van der Waals surface area (Å²) in [6.45, 7) is 2.94. The van der Waals surface area contributed by atoms with Crippen molar-refractivity contribution in [1.29, 1.82) is 0 Å². The number of amides is 1. The van der Waals surface area contributed by atoms with Gasteiger partial charge in [0.15, 0.2) is 5.82 Å². The fourth-order valence-corrected chi connectivity index (χ4v) is 2.43. The Hall–Kier alpha value is -3.03. The zero-order chi connectivity index (χ0) is 16.8. The van der Waals surface area contributed by atoms with Gasteiger partial charge in [0.05, 0.1) is 12.2 Å². The van der Waals surface area contributed by atoms with E-state index < -0.39 is 0 Å². The van der Waals surface area contributed by atoms with Gasteiger partial charge < -0.3 is 9.88 Å². The van der Waals surface area contributed by atoms with Gasteiger partial charge in [-0.2, -0.15) is 4.68 Å². The lowest BCUT2D eigenvalue weighted by molar-refractivity contribution is -0.121. The third-order valence-corrected chi connectivity index (χ3v) is 3.68. The van der Waals surface area contributed by atoms with Crippen molar-refractivity contribution in [2.45, 2.75) is 32.9 Å². The molecule has 124 valence electrons. The van der Waals surface area contributed by atoms with Crippen molar-refractivity contribution in [1.82, 2.24) is 35.1 Å². The molecule has 0 fully saturated rings. The Morgan fingerprint density at radius 3 is 2.83 bits per heavy atom. The van der Waals surface area contributed by atoms with Gasteiger partial charge in [-0.05, 0) is 22.6 Å². The van der Waals surface area contributed by atoms with Crippen molar-refractivity contribution in [2.24, 2.45) is 0 Å². The first-order valence-electron chi connectivity index (χ1n) is 7.87. The van der Waals surface area contributed by atoms with Gasteiger partial charge in [0.25, 0.3) is 0 Å². The highest BCUT2D eigenvalue weighted by atomic mass is 16.1. The monoisotopic (exact) mass is 325 g/mol. The summed E-state index contributed by atoms with van der Waals surface area (Å²) < 4.78 is 3.61. The van der Waals surface area contributed by atoms with E-state index in [1.54, 1.807) is 10.9 Å². The molecule has 8 heteroatoms. The number of carbonyl (C=O) groups is 1. The standard InChI is InChI=1S/C16H19N7O/c1-2-14-17-9-11-22(14)10-8-16(24)18-12-15-19-20-21-23(15)13-6-4-3-5-7-13/h3-7,9,11H,2,8,10,12H2,1H3,(H,18,24). The molecule has 0 radical (unpaired) electrons. The second-order valence-electron chi connectivity index (χ2n) is 5.26. The van der Waals surface area contributed by atoms with Gasteiger partial charge in [-0.1, -0.05) is 25.1 Å². The number of rotatable bonds is 7. The Bertz CT molecular complexity index is 794. The molecule has 8 nitrogen and oxygen atoms in total. The number of tetrazole rings is 1. The molecule has 24 heavy (non-hydrogen) atoms. The van der Waals surface area contributed by atoms with Crippen LogP contribution in [0.4, 0.5) is 0 Å². The normalized spacial score (nSPS) is 10.7. The number of carbonyl (C=O) groups excluding carboxylic acids is 1. The molecule has 1 amide bonds. The minimum absolute atomic E-state index is 0.0478. The smallest absolute Gasteiger partial charge is 0.222 e. The summed E-state index contributed by atoms with van der Waals surface area (Å²) in [7, 11) is 0. The molecular weight excluding hydrogens is 306 g/mol. The van der Waals surface area contributed by atoms with Crippen molar-refractivity contribution in [3.8, 4) is 5.69 Å². The van der Waals surface area contributed by atoms with Gasteiger partial charge in [-0.15, -0.1) is 5.10 Å². The molecular formula is C16H19N7O. The summed E-state index contributed by atoms with van der Waals surface area (Å²) >= 11 is 0. The summed E-state index contributed by atoms with van der Waals surface area (Å²) in [6, 6.07) is 9.57. The quantitative estimate of drug-likeness (QED) is 0.703. The van der Waals surface area contributed by atoms with Gasteiger partial charge >= 0.3 is 0 Å². The molecule has 0 saturated carbocycles. The number of aryl methyl sites for hydroxylation is 2. The lowest BCUT2D eigenvalue weighted by Gasteiger charge is -2.08. The molecule has 1 N–H and O–H groups in total. The molecule has 0 unspecified atom stereocenters. The van der Waals surface area contributed by atoms with Crippen LogP contribution in [0.25, 0.3) is 5.69 Å². The number of benzene rings is 1. The van der Waals surface area contributed by atoms with E-state index in [1.807, 2.05) is 48.0 Å². The zero-order valence-corrected chi connectivity index (χ0v) is 13.5. The van der Waals surface area contributed by atoms with Crippen LogP contribution in [0.1, 0.15) is 25.0 Å². The largest absolute Gasteiger partial charge is 0.349 e. The minimum Gasteiger partial charge on any atom is -0.349 e. The number of nitrogens with one attached hydrogen (secondary N) is 1. The van der Waals surface area contributed by atoms with Crippen LogP contribution in [0.15, 0.2) is 42.7 Å². The van der Waals surface area contributed by atoms with E-state index in [2.05, 4.69) is 25.8 Å². The van der Waals surface area contributed by atoms with E-state index >= 15 is 0 Å². The molecule has 3 aromatic rings. The Morgan fingerprint density at radius 2 is 2.04 bits per heavy atom. The van der Waals surface area contributed by atoms with Gasteiger partial charge in [0.2, 0.25) is 5.91 Å². The van der Waals surface area contributed by atoms with E-state index in [9.17, 15) is 4.79 Å². The van der Waals surface area contributed by atoms with Gasteiger partial charge in [0, 0.05) is 31.8 Å². The Labute approximate surface area is 139 Å². The van der Waals surface area contributed by atoms with Gasteiger partial charge in [-0.25, -0.2) is 4.98 Å². The van der Waals surface area contributed by atoms with Crippen molar-refractivity contribution in [3.63, 3.8) is 0 Å². The van der Waals surface area contributed by atoms with E-state index in [-0.39, 0.29) is 12.5 Å². The van der Waals surface area contributed by atoms with Gasteiger partial charge in [0.1, 0.15) is 5.82 Å². The summed E-state index contributed by atoms with van der Waals surface area (Å²) in [6.07, 6.45) is 4.88. The van der Waals surface area contributed by atoms with Crippen LogP contribution in [-0.2, 0) is 24.3 Å². The van der Waals surface area contributed by atoms with Crippen molar-refractivity contribution in [3.05, 3.63) is 54.4 Å².